The molecule has 0 saturated heterocycles. The molecule has 0 aliphatic heterocycles. The Kier molecular flexibility index (Phi) is 6.26. The monoisotopic (exact) mass is 446 g/mol. The standard InChI is InChI=1S/C18H17Cl2FN2O4S/c19-12-6-4-10(18(25)22-11-5-7-14(21)13(20)9-11)8-17(12)28(26,27)23-15-2-1-3-16(15)24/h4-9,15-16,23-24H,1-3H2,(H,22,25). The molecular formula is C18H17Cl2FN2O4S. The normalized spacial score (nSPS) is 19.6. The van der Waals surface area contributed by atoms with Gasteiger partial charge in [0.1, 0.15) is 10.7 Å². The van der Waals surface area contributed by atoms with Gasteiger partial charge < -0.3 is 10.4 Å². The molecule has 2 atom stereocenters. The zero-order valence-corrected chi connectivity index (χ0v) is 16.8. The van der Waals surface area contributed by atoms with Crippen LogP contribution in [0.1, 0.15) is 29.6 Å². The molecular weight excluding hydrogens is 430 g/mol. The molecule has 3 rings (SSSR count). The van der Waals surface area contributed by atoms with Crippen molar-refractivity contribution in [3.05, 3.63) is 57.8 Å². The maximum Gasteiger partial charge on any atom is 0.255 e. The molecule has 0 heterocycles. The number of hydrogen-bond acceptors (Lipinski definition) is 4. The van der Waals surface area contributed by atoms with Crippen LogP contribution >= 0.6 is 23.2 Å². The minimum atomic E-state index is -4.04. The smallest absolute Gasteiger partial charge is 0.255 e. The number of sulfonamides is 1. The van der Waals surface area contributed by atoms with E-state index in [2.05, 4.69) is 10.0 Å². The number of aliphatic hydroxyl groups is 1. The number of nitrogens with one attached hydrogen (secondary N) is 2. The van der Waals surface area contributed by atoms with Crippen molar-refractivity contribution in [3.8, 4) is 0 Å². The summed E-state index contributed by atoms with van der Waals surface area (Å²) in [5.74, 6) is -1.24. The summed E-state index contributed by atoms with van der Waals surface area (Å²) < 4.78 is 41.0. The summed E-state index contributed by atoms with van der Waals surface area (Å²) in [4.78, 5) is 12.2. The molecule has 2 unspecified atom stereocenters. The lowest BCUT2D eigenvalue weighted by molar-refractivity contribution is 0.102. The highest BCUT2D eigenvalue weighted by Crippen LogP contribution is 2.27. The van der Waals surface area contributed by atoms with Crippen LogP contribution in [-0.2, 0) is 10.0 Å². The fraction of sp³-hybridized carbons (Fsp3) is 0.278. The predicted molar refractivity (Wildman–Crippen MR) is 105 cm³/mol. The van der Waals surface area contributed by atoms with Crippen LogP contribution in [0, 0.1) is 5.82 Å². The number of rotatable bonds is 5. The van der Waals surface area contributed by atoms with Crippen molar-refractivity contribution in [3.63, 3.8) is 0 Å². The van der Waals surface area contributed by atoms with Gasteiger partial charge in [0.2, 0.25) is 10.0 Å². The van der Waals surface area contributed by atoms with Gasteiger partial charge in [-0.1, -0.05) is 23.2 Å². The number of benzene rings is 2. The highest BCUT2D eigenvalue weighted by Gasteiger charge is 2.31. The summed E-state index contributed by atoms with van der Waals surface area (Å²) in [6.45, 7) is 0. The Morgan fingerprint density at radius 3 is 2.50 bits per heavy atom. The van der Waals surface area contributed by atoms with Crippen LogP contribution in [-0.4, -0.2) is 31.6 Å². The predicted octanol–water partition coefficient (Wildman–Crippen LogP) is 3.58. The Morgan fingerprint density at radius 2 is 1.86 bits per heavy atom. The average molecular weight is 447 g/mol. The van der Waals surface area contributed by atoms with E-state index in [9.17, 15) is 22.7 Å². The van der Waals surface area contributed by atoms with Crippen LogP contribution in [0.25, 0.3) is 0 Å². The van der Waals surface area contributed by atoms with E-state index in [1.54, 1.807) is 0 Å². The lowest BCUT2D eigenvalue weighted by Gasteiger charge is -2.17. The average Bonchev–Trinajstić information content (AvgIpc) is 3.02. The van der Waals surface area contributed by atoms with Gasteiger partial charge in [0, 0.05) is 17.3 Å². The highest BCUT2D eigenvalue weighted by atomic mass is 35.5. The lowest BCUT2D eigenvalue weighted by Crippen LogP contribution is -2.39. The van der Waals surface area contributed by atoms with Crippen LogP contribution in [0.5, 0.6) is 0 Å². The Balaban J connectivity index is 1.83. The van der Waals surface area contributed by atoms with Crippen molar-refractivity contribution >= 4 is 44.8 Å². The van der Waals surface area contributed by atoms with Gasteiger partial charge in [-0.05, 0) is 55.7 Å². The SMILES string of the molecule is O=C(Nc1ccc(F)c(Cl)c1)c1ccc(Cl)c(S(=O)(=O)NC2CCCC2O)c1. The van der Waals surface area contributed by atoms with Crippen LogP contribution in [0.4, 0.5) is 10.1 Å². The summed E-state index contributed by atoms with van der Waals surface area (Å²) in [5, 5.41) is 12.2. The molecule has 10 heteroatoms. The van der Waals surface area contributed by atoms with Crippen LogP contribution in [0.2, 0.25) is 10.0 Å². The Bertz CT molecular complexity index is 1020. The molecule has 150 valence electrons. The molecule has 28 heavy (non-hydrogen) atoms. The molecule has 0 spiro atoms. The van der Waals surface area contributed by atoms with Crippen molar-refractivity contribution in [2.45, 2.75) is 36.3 Å². The molecule has 0 aromatic heterocycles. The van der Waals surface area contributed by atoms with E-state index in [4.69, 9.17) is 23.2 Å². The van der Waals surface area contributed by atoms with E-state index >= 15 is 0 Å². The van der Waals surface area contributed by atoms with Gasteiger partial charge in [-0.3, -0.25) is 4.79 Å². The first-order valence-electron chi connectivity index (χ1n) is 8.44. The van der Waals surface area contributed by atoms with E-state index in [1.165, 1.54) is 24.3 Å². The highest BCUT2D eigenvalue weighted by molar-refractivity contribution is 7.89. The van der Waals surface area contributed by atoms with Gasteiger partial charge >= 0.3 is 0 Å². The Labute approximate surface area is 171 Å². The summed E-state index contributed by atoms with van der Waals surface area (Å²) in [6.07, 6.45) is 0.987. The first-order chi connectivity index (χ1) is 13.2. The topological polar surface area (TPSA) is 95.5 Å². The van der Waals surface area contributed by atoms with Gasteiger partial charge in [0.25, 0.3) is 5.91 Å². The molecule has 6 nitrogen and oxygen atoms in total. The summed E-state index contributed by atoms with van der Waals surface area (Å²) >= 11 is 11.7. The molecule has 0 bridgehead atoms. The van der Waals surface area contributed by atoms with Gasteiger partial charge in [-0.2, -0.15) is 0 Å². The number of halogens is 3. The Morgan fingerprint density at radius 1 is 1.11 bits per heavy atom. The van der Waals surface area contributed by atoms with E-state index in [1.807, 2.05) is 0 Å². The van der Waals surface area contributed by atoms with Gasteiger partial charge in [-0.15, -0.1) is 0 Å². The first-order valence-corrected chi connectivity index (χ1v) is 10.7. The van der Waals surface area contributed by atoms with E-state index < -0.39 is 33.9 Å². The van der Waals surface area contributed by atoms with Crippen LogP contribution in [0.15, 0.2) is 41.3 Å². The Hall–Kier alpha value is -1.71. The van der Waals surface area contributed by atoms with Crippen molar-refractivity contribution in [1.82, 2.24) is 4.72 Å². The molecule has 1 aliphatic carbocycles. The second-order valence-corrected chi connectivity index (χ2v) is 8.95. The molecule has 1 amide bonds. The zero-order chi connectivity index (χ0) is 20.5. The number of anilines is 1. The molecule has 2 aromatic carbocycles. The quantitative estimate of drug-likeness (QED) is 0.653. The number of aliphatic hydroxyl groups excluding tert-OH is 1. The zero-order valence-electron chi connectivity index (χ0n) is 14.5. The maximum absolute atomic E-state index is 13.2. The third-order valence-electron chi connectivity index (χ3n) is 4.45. The second-order valence-electron chi connectivity index (χ2n) is 6.45. The second kappa shape index (κ2) is 8.34. The van der Waals surface area contributed by atoms with Crippen LogP contribution in [0.3, 0.4) is 0 Å². The third kappa shape index (κ3) is 4.64. The molecule has 1 aliphatic rings. The molecule has 1 saturated carbocycles. The van der Waals surface area contributed by atoms with Crippen molar-refractivity contribution in [2.75, 3.05) is 5.32 Å². The molecule has 1 fully saturated rings. The van der Waals surface area contributed by atoms with E-state index in [0.717, 1.165) is 12.1 Å². The number of carbonyl (C=O) groups excluding carboxylic acids is 1. The fourth-order valence-corrected chi connectivity index (χ4v) is 4.98. The molecule has 3 N–H and O–H groups in total. The molecule has 0 radical (unpaired) electrons. The van der Waals surface area contributed by atoms with E-state index in [0.29, 0.717) is 19.3 Å². The maximum atomic E-state index is 13.2. The summed E-state index contributed by atoms with van der Waals surface area (Å²) in [5.41, 5.74) is 0.292. The van der Waals surface area contributed by atoms with Crippen molar-refractivity contribution < 1.29 is 22.7 Å². The fourth-order valence-electron chi connectivity index (χ4n) is 2.97. The van der Waals surface area contributed by atoms with Crippen molar-refractivity contribution in [1.29, 1.82) is 0 Å². The number of carbonyl (C=O) groups is 1. The number of hydrogen-bond donors (Lipinski definition) is 3. The van der Waals surface area contributed by atoms with Crippen LogP contribution < -0.4 is 10.0 Å². The molecule has 2 aromatic rings. The lowest BCUT2D eigenvalue weighted by atomic mass is 10.2. The van der Waals surface area contributed by atoms with Gasteiger partial charge in [0.05, 0.1) is 16.1 Å². The summed E-state index contributed by atoms with van der Waals surface area (Å²) in [7, 11) is -4.04. The number of amides is 1. The third-order valence-corrected chi connectivity index (χ3v) is 6.71. The van der Waals surface area contributed by atoms with Gasteiger partial charge in [-0.25, -0.2) is 17.5 Å². The van der Waals surface area contributed by atoms with Crippen molar-refractivity contribution in [2.24, 2.45) is 0 Å². The van der Waals surface area contributed by atoms with E-state index in [-0.39, 0.29) is 26.2 Å². The van der Waals surface area contributed by atoms with Gasteiger partial charge in [0.15, 0.2) is 0 Å². The largest absolute Gasteiger partial charge is 0.391 e. The first kappa shape index (κ1) is 21.0. The minimum absolute atomic E-state index is 0.0391. The summed E-state index contributed by atoms with van der Waals surface area (Å²) in [6, 6.07) is 6.89. The minimum Gasteiger partial charge on any atom is -0.391 e.